The highest BCUT2D eigenvalue weighted by molar-refractivity contribution is 5.74. The van der Waals surface area contributed by atoms with E-state index in [4.69, 9.17) is 9.84 Å². The lowest BCUT2D eigenvalue weighted by Crippen LogP contribution is -2.34. The zero-order valence-electron chi connectivity index (χ0n) is 15.5. The molecular weight excluding hydrogens is 318 g/mol. The van der Waals surface area contributed by atoms with Crippen LogP contribution in [-0.2, 0) is 24.2 Å². The van der Waals surface area contributed by atoms with E-state index in [9.17, 15) is 4.79 Å². The lowest BCUT2D eigenvalue weighted by atomic mass is 9.96. The number of amides is 1. The topological polar surface area (TPSA) is 62.6 Å². The Morgan fingerprint density at radius 2 is 2.24 bits per heavy atom. The smallest absolute Gasteiger partial charge is 0.409 e. The van der Waals surface area contributed by atoms with Gasteiger partial charge < -0.3 is 15.0 Å². The minimum absolute atomic E-state index is 0.248. The summed E-state index contributed by atoms with van der Waals surface area (Å²) in [6, 6.07) is 0. The molecule has 0 saturated carbocycles. The zero-order valence-corrected chi connectivity index (χ0v) is 15.5. The Kier molecular flexibility index (Phi) is 5.75. The number of methoxy groups -OCH3 is 1. The first kappa shape index (κ1) is 17.9. The highest BCUT2D eigenvalue weighted by atomic mass is 16.5. The van der Waals surface area contributed by atoms with Crippen molar-refractivity contribution in [3.05, 3.63) is 23.0 Å². The van der Waals surface area contributed by atoms with Crippen LogP contribution in [-0.4, -0.2) is 73.1 Å². The van der Waals surface area contributed by atoms with Crippen LogP contribution in [0.5, 0.6) is 0 Å². The molecular formula is C18H29N5O2. The van der Waals surface area contributed by atoms with Crippen LogP contribution in [0.4, 0.5) is 4.79 Å². The number of likely N-dealkylation sites (N-methyl/N-ethyl adjacent to an activating group) is 2. The second kappa shape index (κ2) is 8.01. The number of aromatic nitrogens is 2. The molecule has 1 aromatic rings. The predicted octanol–water partition coefficient (Wildman–Crippen LogP) is 1.34. The van der Waals surface area contributed by atoms with Gasteiger partial charge in [0.2, 0.25) is 0 Å². The number of aryl methyl sites for hydroxylation is 1. The molecule has 1 N–H and O–H groups in total. The van der Waals surface area contributed by atoms with Crippen molar-refractivity contribution in [2.75, 3.05) is 47.4 Å². The van der Waals surface area contributed by atoms with Crippen LogP contribution in [0.2, 0.25) is 0 Å². The molecule has 2 aliphatic heterocycles. The number of fused-ring (bicyclic) bond motifs is 1. The number of nitrogens with zero attached hydrogens (tertiary/aromatic N) is 4. The molecule has 138 valence electrons. The van der Waals surface area contributed by atoms with Crippen LogP contribution in [0.25, 0.3) is 5.57 Å². The number of hydrogen-bond donors (Lipinski definition) is 1. The number of ether oxygens (including phenoxy) is 1. The number of nitrogens with one attached hydrogen (secondary N) is 1. The van der Waals surface area contributed by atoms with Gasteiger partial charge in [0.1, 0.15) is 0 Å². The summed E-state index contributed by atoms with van der Waals surface area (Å²) >= 11 is 0. The Bertz CT molecular complexity index is 652. The van der Waals surface area contributed by atoms with Crippen molar-refractivity contribution >= 4 is 11.7 Å². The van der Waals surface area contributed by atoms with Gasteiger partial charge in [0.25, 0.3) is 0 Å². The third-order valence-corrected chi connectivity index (χ3v) is 5.04. The summed E-state index contributed by atoms with van der Waals surface area (Å²) in [6.07, 6.45) is 5.06. The molecule has 0 atom stereocenters. The molecule has 0 radical (unpaired) electrons. The second-order valence-electron chi connectivity index (χ2n) is 6.83. The maximum absolute atomic E-state index is 11.7. The normalized spacial score (nSPS) is 17.0. The fourth-order valence-electron chi connectivity index (χ4n) is 3.70. The van der Waals surface area contributed by atoms with Gasteiger partial charge in [0, 0.05) is 50.5 Å². The molecule has 3 heterocycles. The van der Waals surface area contributed by atoms with Gasteiger partial charge in [0.15, 0.2) is 0 Å². The maximum Gasteiger partial charge on any atom is 0.409 e. The van der Waals surface area contributed by atoms with E-state index in [0.29, 0.717) is 13.1 Å². The van der Waals surface area contributed by atoms with E-state index in [2.05, 4.69) is 28.0 Å². The van der Waals surface area contributed by atoms with Crippen molar-refractivity contribution in [1.82, 2.24) is 24.9 Å². The summed E-state index contributed by atoms with van der Waals surface area (Å²) in [5.74, 6) is 0. The van der Waals surface area contributed by atoms with Gasteiger partial charge in [-0.25, -0.2) is 4.79 Å². The summed E-state index contributed by atoms with van der Waals surface area (Å²) in [7, 11) is 5.55. The van der Waals surface area contributed by atoms with Gasteiger partial charge in [0.05, 0.1) is 12.8 Å². The van der Waals surface area contributed by atoms with Crippen LogP contribution in [0.3, 0.4) is 0 Å². The van der Waals surface area contributed by atoms with E-state index in [1.165, 1.54) is 36.1 Å². The van der Waals surface area contributed by atoms with Gasteiger partial charge >= 0.3 is 6.09 Å². The first-order valence-corrected chi connectivity index (χ1v) is 9.08. The molecule has 0 aromatic carbocycles. The van der Waals surface area contributed by atoms with E-state index in [1.54, 1.807) is 4.90 Å². The average Bonchev–Trinajstić information content (AvgIpc) is 3.20. The number of carbonyl (C=O) groups excluding carboxylic acids is 1. The maximum atomic E-state index is 11.7. The van der Waals surface area contributed by atoms with Crippen molar-refractivity contribution in [2.24, 2.45) is 0 Å². The largest absolute Gasteiger partial charge is 0.453 e. The van der Waals surface area contributed by atoms with Crippen LogP contribution in [0, 0.1) is 0 Å². The number of rotatable bonds is 6. The van der Waals surface area contributed by atoms with Gasteiger partial charge in [-0.15, -0.1) is 0 Å². The Labute approximate surface area is 149 Å². The van der Waals surface area contributed by atoms with Crippen LogP contribution >= 0.6 is 0 Å². The van der Waals surface area contributed by atoms with Gasteiger partial charge in [-0.3, -0.25) is 9.58 Å². The Hall–Kier alpha value is -1.86. The number of carbonyl (C=O) groups is 1. The van der Waals surface area contributed by atoms with E-state index in [1.807, 2.05) is 7.05 Å². The third-order valence-electron chi connectivity index (χ3n) is 5.04. The molecule has 0 unspecified atom stereocenters. The van der Waals surface area contributed by atoms with Gasteiger partial charge in [-0.2, -0.15) is 5.10 Å². The van der Waals surface area contributed by atoms with E-state index >= 15 is 0 Å². The minimum atomic E-state index is -0.248. The van der Waals surface area contributed by atoms with Crippen molar-refractivity contribution in [1.29, 1.82) is 0 Å². The molecule has 7 heteroatoms. The second-order valence-corrected chi connectivity index (χ2v) is 6.83. The summed E-state index contributed by atoms with van der Waals surface area (Å²) in [6.45, 7) is 5.16. The van der Waals surface area contributed by atoms with Crippen LogP contribution in [0.15, 0.2) is 6.08 Å². The van der Waals surface area contributed by atoms with Crippen molar-refractivity contribution in [2.45, 2.75) is 32.4 Å². The van der Waals surface area contributed by atoms with Crippen molar-refractivity contribution < 1.29 is 9.53 Å². The molecule has 1 amide bonds. The predicted molar refractivity (Wildman–Crippen MR) is 97.4 cm³/mol. The Morgan fingerprint density at radius 3 is 2.92 bits per heavy atom. The lowest BCUT2D eigenvalue weighted by molar-refractivity contribution is 0.128. The average molecular weight is 347 g/mol. The van der Waals surface area contributed by atoms with Crippen molar-refractivity contribution in [3.8, 4) is 0 Å². The summed E-state index contributed by atoms with van der Waals surface area (Å²) in [5.41, 5.74) is 5.21. The third kappa shape index (κ3) is 3.88. The molecule has 0 aliphatic carbocycles. The Balaban J connectivity index is 1.80. The highest BCUT2D eigenvalue weighted by Crippen LogP contribution is 2.32. The monoisotopic (exact) mass is 347 g/mol. The summed E-state index contributed by atoms with van der Waals surface area (Å²) in [4.78, 5) is 15.8. The van der Waals surface area contributed by atoms with Gasteiger partial charge in [-0.1, -0.05) is 6.08 Å². The van der Waals surface area contributed by atoms with E-state index in [0.717, 1.165) is 39.0 Å². The SMILES string of the molecule is CNCCN(C)Cc1nn2c(c1C1=CCN(C(=O)OC)CC1)CCC2. The molecule has 0 bridgehead atoms. The standard InChI is InChI=1S/C18H29N5O2/c1-19-8-12-21(2)13-15-17(16-5-4-9-23(16)20-15)14-6-10-22(11-7-14)18(24)25-3/h6,19H,4-5,7-13H2,1-3H3. The molecule has 0 spiro atoms. The first-order chi connectivity index (χ1) is 12.1. The summed E-state index contributed by atoms with van der Waals surface area (Å²) < 4.78 is 7.02. The molecule has 3 rings (SSSR count). The Morgan fingerprint density at radius 1 is 1.40 bits per heavy atom. The quantitative estimate of drug-likeness (QED) is 0.841. The molecule has 1 aromatic heterocycles. The van der Waals surface area contributed by atoms with E-state index in [-0.39, 0.29) is 6.09 Å². The zero-order chi connectivity index (χ0) is 17.8. The molecule has 25 heavy (non-hydrogen) atoms. The van der Waals surface area contributed by atoms with Crippen LogP contribution in [0.1, 0.15) is 29.8 Å². The lowest BCUT2D eigenvalue weighted by Gasteiger charge is -2.26. The highest BCUT2D eigenvalue weighted by Gasteiger charge is 2.27. The fourth-order valence-corrected chi connectivity index (χ4v) is 3.70. The van der Waals surface area contributed by atoms with Crippen molar-refractivity contribution in [3.63, 3.8) is 0 Å². The number of hydrogen-bond acceptors (Lipinski definition) is 5. The fraction of sp³-hybridized carbons (Fsp3) is 0.667. The van der Waals surface area contributed by atoms with E-state index < -0.39 is 0 Å². The summed E-state index contributed by atoms with van der Waals surface area (Å²) in [5, 5.41) is 8.09. The first-order valence-electron chi connectivity index (χ1n) is 9.08. The van der Waals surface area contributed by atoms with Crippen LogP contribution < -0.4 is 5.32 Å². The van der Waals surface area contributed by atoms with Gasteiger partial charge in [-0.05, 0) is 38.9 Å². The molecule has 0 saturated heterocycles. The molecule has 7 nitrogen and oxygen atoms in total. The minimum Gasteiger partial charge on any atom is -0.453 e. The molecule has 0 fully saturated rings. The molecule has 2 aliphatic rings.